The van der Waals surface area contributed by atoms with Gasteiger partial charge in [-0.25, -0.2) is 0 Å². The molecule has 1 aliphatic heterocycles. The van der Waals surface area contributed by atoms with Crippen LogP contribution < -0.4 is 0 Å². The summed E-state index contributed by atoms with van der Waals surface area (Å²) in [4.78, 5) is 23.7. The minimum Gasteiger partial charge on any atom is -0.341 e. The maximum Gasteiger partial charge on any atom is 0.309 e. The quantitative estimate of drug-likeness (QED) is 0.599. The van der Waals surface area contributed by atoms with Crippen molar-refractivity contribution in [3.63, 3.8) is 0 Å². The molecule has 1 fully saturated rings. The van der Waals surface area contributed by atoms with Crippen molar-refractivity contribution >= 4 is 11.6 Å². The van der Waals surface area contributed by atoms with Crippen LogP contribution in [-0.4, -0.2) is 38.6 Å². The molecule has 0 N–H and O–H groups in total. The molecule has 18 heavy (non-hydrogen) atoms. The van der Waals surface area contributed by atoms with Gasteiger partial charge in [0.15, 0.2) is 0 Å². The number of amides is 1. The number of hydrogen-bond acceptors (Lipinski definition) is 4. The average Bonchev–Trinajstić information content (AvgIpc) is 2.72. The zero-order chi connectivity index (χ0) is 13.3. The van der Waals surface area contributed by atoms with Crippen LogP contribution in [0.25, 0.3) is 0 Å². The van der Waals surface area contributed by atoms with E-state index in [1.807, 2.05) is 6.92 Å². The SMILES string of the molecule is CCN1CC(n2ncc([N+](=O)[O-])c2C)CCC1=O. The highest BCUT2D eigenvalue weighted by atomic mass is 16.6. The molecule has 0 saturated carbocycles. The molecule has 7 heteroatoms. The van der Waals surface area contributed by atoms with E-state index in [2.05, 4.69) is 5.10 Å². The van der Waals surface area contributed by atoms with E-state index in [1.54, 1.807) is 16.5 Å². The summed E-state index contributed by atoms with van der Waals surface area (Å²) >= 11 is 0. The number of nitrogens with zero attached hydrogens (tertiary/aromatic N) is 4. The van der Waals surface area contributed by atoms with Gasteiger partial charge in [0.05, 0.1) is 11.0 Å². The molecule has 2 rings (SSSR count). The molecule has 98 valence electrons. The Hall–Kier alpha value is -1.92. The number of carbonyl (C=O) groups is 1. The average molecular weight is 252 g/mol. The summed E-state index contributed by atoms with van der Waals surface area (Å²) in [5.41, 5.74) is 0.588. The van der Waals surface area contributed by atoms with E-state index >= 15 is 0 Å². The lowest BCUT2D eigenvalue weighted by Crippen LogP contribution is -2.41. The van der Waals surface area contributed by atoms with Gasteiger partial charge in [-0.05, 0) is 20.3 Å². The van der Waals surface area contributed by atoms with Gasteiger partial charge in [-0.2, -0.15) is 5.10 Å². The Morgan fingerprint density at radius 2 is 2.33 bits per heavy atom. The van der Waals surface area contributed by atoms with Gasteiger partial charge in [0, 0.05) is 19.5 Å². The van der Waals surface area contributed by atoms with Crippen molar-refractivity contribution < 1.29 is 9.72 Å². The number of nitro groups is 1. The van der Waals surface area contributed by atoms with Gasteiger partial charge in [0.1, 0.15) is 11.9 Å². The van der Waals surface area contributed by atoms with Gasteiger partial charge in [-0.15, -0.1) is 0 Å². The molecule has 1 atom stereocenters. The van der Waals surface area contributed by atoms with E-state index < -0.39 is 4.92 Å². The fourth-order valence-electron chi connectivity index (χ4n) is 2.36. The number of likely N-dealkylation sites (tertiary alicyclic amines) is 1. The first-order chi connectivity index (χ1) is 8.54. The second kappa shape index (κ2) is 4.75. The summed E-state index contributed by atoms with van der Waals surface area (Å²) in [6, 6.07) is 0.0383. The van der Waals surface area contributed by atoms with E-state index in [0.29, 0.717) is 31.6 Å². The number of rotatable bonds is 3. The summed E-state index contributed by atoms with van der Waals surface area (Å²) in [5.74, 6) is 0.146. The molecule has 2 heterocycles. The van der Waals surface area contributed by atoms with Crippen LogP contribution in [0, 0.1) is 17.0 Å². The molecule has 0 bridgehead atoms. The van der Waals surface area contributed by atoms with Crippen molar-refractivity contribution in [1.29, 1.82) is 0 Å². The summed E-state index contributed by atoms with van der Waals surface area (Å²) in [6.45, 7) is 4.86. The second-order valence-corrected chi connectivity index (χ2v) is 4.44. The molecular weight excluding hydrogens is 236 g/mol. The van der Waals surface area contributed by atoms with Crippen molar-refractivity contribution in [1.82, 2.24) is 14.7 Å². The Kier molecular flexibility index (Phi) is 3.31. The van der Waals surface area contributed by atoms with Crippen molar-refractivity contribution in [3.8, 4) is 0 Å². The van der Waals surface area contributed by atoms with Crippen LogP contribution in [0.2, 0.25) is 0 Å². The maximum absolute atomic E-state index is 11.6. The summed E-state index contributed by atoms with van der Waals surface area (Å²) in [6.07, 6.45) is 2.45. The van der Waals surface area contributed by atoms with Gasteiger partial charge in [-0.3, -0.25) is 19.6 Å². The molecule has 0 aliphatic carbocycles. The fourth-order valence-corrected chi connectivity index (χ4v) is 2.36. The number of hydrogen-bond donors (Lipinski definition) is 0. The standard InChI is InChI=1S/C11H16N4O3/c1-3-13-7-9(4-5-11(13)16)14-8(2)10(6-12-14)15(17)18/h6,9H,3-5,7H2,1-2H3. The van der Waals surface area contributed by atoms with Gasteiger partial charge in [0.2, 0.25) is 5.91 Å². The van der Waals surface area contributed by atoms with E-state index in [4.69, 9.17) is 0 Å². The molecule has 1 aromatic rings. The first-order valence-electron chi connectivity index (χ1n) is 6.00. The number of piperidine rings is 1. The van der Waals surface area contributed by atoms with Crippen molar-refractivity contribution in [3.05, 3.63) is 22.0 Å². The van der Waals surface area contributed by atoms with Crippen LogP contribution in [-0.2, 0) is 4.79 Å². The van der Waals surface area contributed by atoms with E-state index in [9.17, 15) is 14.9 Å². The normalized spacial score (nSPS) is 20.2. The van der Waals surface area contributed by atoms with Crippen LogP contribution in [0.15, 0.2) is 6.20 Å². The molecule has 1 aliphatic rings. The van der Waals surface area contributed by atoms with Crippen LogP contribution in [0.1, 0.15) is 31.5 Å². The Bertz CT molecular complexity index is 483. The smallest absolute Gasteiger partial charge is 0.309 e. The third-order valence-electron chi connectivity index (χ3n) is 3.42. The first-order valence-corrected chi connectivity index (χ1v) is 6.00. The van der Waals surface area contributed by atoms with Crippen molar-refractivity contribution in [2.45, 2.75) is 32.7 Å². The van der Waals surface area contributed by atoms with Gasteiger partial charge >= 0.3 is 5.69 Å². The number of carbonyl (C=O) groups excluding carboxylic acids is 1. The predicted molar refractivity (Wildman–Crippen MR) is 64.1 cm³/mol. The molecule has 1 amide bonds. The fraction of sp³-hybridized carbons (Fsp3) is 0.636. The largest absolute Gasteiger partial charge is 0.341 e. The Morgan fingerprint density at radius 1 is 1.61 bits per heavy atom. The zero-order valence-corrected chi connectivity index (χ0v) is 10.5. The molecule has 1 saturated heterocycles. The Balaban J connectivity index is 2.22. The Labute approximate surface area is 105 Å². The highest BCUT2D eigenvalue weighted by Gasteiger charge is 2.29. The Morgan fingerprint density at radius 3 is 2.89 bits per heavy atom. The zero-order valence-electron chi connectivity index (χ0n) is 10.5. The predicted octanol–water partition coefficient (Wildman–Crippen LogP) is 1.28. The van der Waals surface area contributed by atoms with Crippen LogP contribution in [0.3, 0.4) is 0 Å². The highest BCUT2D eigenvalue weighted by Crippen LogP contribution is 2.26. The van der Waals surface area contributed by atoms with Crippen LogP contribution in [0.4, 0.5) is 5.69 Å². The molecule has 0 spiro atoms. The van der Waals surface area contributed by atoms with Crippen molar-refractivity contribution in [2.75, 3.05) is 13.1 Å². The topological polar surface area (TPSA) is 81.3 Å². The van der Waals surface area contributed by atoms with Crippen LogP contribution in [0.5, 0.6) is 0 Å². The minimum absolute atomic E-state index is 0.0370. The molecule has 0 aromatic carbocycles. The molecule has 1 aromatic heterocycles. The third-order valence-corrected chi connectivity index (χ3v) is 3.42. The van der Waals surface area contributed by atoms with E-state index in [-0.39, 0.29) is 17.6 Å². The third kappa shape index (κ3) is 2.07. The number of aromatic nitrogens is 2. The minimum atomic E-state index is -0.426. The number of likely N-dealkylation sites (N-methyl/N-ethyl adjacent to an activating group) is 1. The van der Waals surface area contributed by atoms with Gasteiger partial charge < -0.3 is 4.90 Å². The lowest BCUT2D eigenvalue weighted by molar-refractivity contribution is -0.385. The molecular formula is C11H16N4O3. The first kappa shape index (κ1) is 12.5. The molecule has 7 nitrogen and oxygen atoms in total. The van der Waals surface area contributed by atoms with Gasteiger partial charge in [0.25, 0.3) is 0 Å². The maximum atomic E-state index is 11.6. The van der Waals surface area contributed by atoms with Crippen molar-refractivity contribution in [2.24, 2.45) is 0 Å². The molecule has 0 radical (unpaired) electrons. The molecule has 1 unspecified atom stereocenters. The van der Waals surface area contributed by atoms with E-state index in [0.717, 1.165) is 0 Å². The highest BCUT2D eigenvalue weighted by molar-refractivity contribution is 5.77. The monoisotopic (exact) mass is 252 g/mol. The summed E-state index contributed by atoms with van der Waals surface area (Å²) in [5, 5.41) is 14.9. The van der Waals surface area contributed by atoms with E-state index in [1.165, 1.54) is 6.20 Å². The lowest BCUT2D eigenvalue weighted by Gasteiger charge is -2.32. The second-order valence-electron chi connectivity index (χ2n) is 4.44. The summed E-state index contributed by atoms with van der Waals surface area (Å²) in [7, 11) is 0. The van der Waals surface area contributed by atoms with Gasteiger partial charge in [-0.1, -0.05) is 0 Å². The summed E-state index contributed by atoms with van der Waals surface area (Å²) < 4.78 is 1.67. The lowest BCUT2D eigenvalue weighted by atomic mass is 10.1. The van der Waals surface area contributed by atoms with Crippen LogP contribution >= 0.6 is 0 Å².